The van der Waals surface area contributed by atoms with Crippen LogP contribution >= 0.6 is 0 Å². The topological polar surface area (TPSA) is 65.8 Å². The summed E-state index contributed by atoms with van der Waals surface area (Å²) in [7, 11) is 0. The van der Waals surface area contributed by atoms with Gasteiger partial charge in [0.25, 0.3) is 0 Å². The van der Waals surface area contributed by atoms with Gasteiger partial charge in [0, 0.05) is 42.9 Å². The van der Waals surface area contributed by atoms with Gasteiger partial charge in [-0.3, -0.25) is 9.88 Å². The number of fused-ring (bicyclic) bond motifs is 1. The molecule has 4 rings (SSSR count). The second-order valence-corrected chi connectivity index (χ2v) is 9.87. The highest BCUT2D eigenvalue weighted by Gasteiger charge is 2.37. The lowest BCUT2D eigenvalue weighted by atomic mass is 9.83. The Morgan fingerprint density at radius 3 is 2.41 bits per heavy atom. The fourth-order valence-electron chi connectivity index (χ4n) is 4.46. The van der Waals surface area contributed by atoms with Crippen LogP contribution in [0.2, 0.25) is 0 Å². The average molecular weight is 435 g/mol. The first-order valence-corrected chi connectivity index (χ1v) is 11.5. The number of rotatable bonds is 6. The molecule has 0 aliphatic carbocycles. The van der Waals surface area contributed by atoms with Crippen LogP contribution in [0.4, 0.5) is 0 Å². The Kier molecular flexibility index (Phi) is 6.52. The number of piperidine rings is 1. The van der Waals surface area contributed by atoms with Crippen molar-refractivity contribution in [3.05, 3.63) is 72.1 Å². The van der Waals surface area contributed by atoms with Crippen molar-refractivity contribution >= 4 is 10.8 Å². The summed E-state index contributed by atoms with van der Waals surface area (Å²) < 4.78 is 5.85. The summed E-state index contributed by atoms with van der Waals surface area (Å²) in [6.45, 7) is 8.27. The molecule has 0 saturated carbocycles. The molecule has 0 spiro atoms. The van der Waals surface area contributed by atoms with Crippen molar-refractivity contribution in [1.82, 2.24) is 9.88 Å². The molecule has 170 valence electrons. The van der Waals surface area contributed by atoms with Crippen molar-refractivity contribution < 1.29 is 14.9 Å². The van der Waals surface area contributed by atoms with Gasteiger partial charge in [0.2, 0.25) is 0 Å². The van der Waals surface area contributed by atoms with Gasteiger partial charge in [0.15, 0.2) is 0 Å². The molecule has 1 aliphatic heterocycles. The van der Waals surface area contributed by atoms with E-state index in [0.29, 0.717) is 39.0 Å². The number of hydrogen-bond donors (Lipinski definition) is 2. The molecular formula is C27H34N2O3. The van der Waals surface area contributed by atoms with Crippen LogP contribution in [0.15, 0.2) is 60.9 Å². The number of aromatic nitrogens is 1. The van der Waals surface area contributed by atoms with Gasteiger partial charge in [-0.15, -0.1) is 0 Å². The van der Waals surface area contributed by atoms with E-state index in [1.165, 1.54) is 5.56 Å². The number of nitrogens with zero attached hydrogens (tertiary/aromatic N) is 2. The Hall–Kier alpha value is -2.47. The van der Waals surface area contributed by atoms with Crippen molar-refractivity contribution in [3.8, 4) is 5.75 Å². The predicted molar refractivity (Wildman–Crippen MR) is 128 cm³/mol. The summed E-state index contributed by atoms with van der Waals surface area (Å²) in [6, 6.07) is 16.2. The Morgan fingerprint density at radius 2 is 1.72 bits per heavy atom. The van der Waals surface area contributed by atoms with E-state index in [2.05, 4.69) is 37.9 Å². The third-order valence-electron chi connectivity index (χ3n) is 6.58. The highest BCUT2D eigenvalue weighted by Crippen LogP contribution is 2.37. The van der Waals surface area contributed by atoms with Crippen LogP contribution in [0, 0.1) is 0 Å². The molecule has 5 nitrogen and oxygen atoms in total. The first-order chi connectivity index (χ1) is 15.3. The van der Waals surface area contributed by atoms with Crippen molar-refractivity contribution in [3.63, 3.8) is 0 Å². The Balaban J connectivity index is 1.30. The zero-order valence-corrected chi connectivity index (χ0v) is 19.3. The first kappa shape index (κ1) is 22.7. The maximum Gasteiger partial charge on any atom is 0.119 e. The third kappa shape index (κ3) is 4.96. The van der Waals surface area contributed by atoms with Crippen LogP contribution in [0.3, 0.4) is 0 Å². The van der Waals surface area contributed by atoms with Gasteiger partial charge in [-0.2, -0.15) is 0 Å². The summed E-state index contributed by atoms with van der Waals surface area (Å²) in [4.78, 5) is 6.36. The van der Waals surface area contributed by atoms with E-state index >= 15 is 0 Å². The monoisotopic (exact) mass is 434 g/mol. The second-order valence-electron chi connectivity index (χ2n) is 9.87. The molecule has 1 atom stereocenters. The van der Waals surface area contributed by atoms with E-state index in [9.17, 15) is 10.2 Å². The fourth-order valence-corrected chi connectivity index (χ4v) is 4.46. The van der Waals surface area contributed by atoms with Gasteiger partial charge in [-0.25, -0.2) is 0 Å². The van der Waals surface area contributed by atoms with Crippen LogP contribution < -0.4 is 4.74 Å². The van der Waals surface area contributed by atoms with E-state index in [1.54, 1.807) is 6.20 Å². The molecule has 1 fully saturated rings. The number of likely N-dealkylation sites (tertiary alicyclic amines) is 1. The summed E-state index contributed by atoms with van der Waals surface area (Å²) in [5, 5.41) is 24.1. The van der Waals surface area contributed by atoms with E-state index in [0.717, 1.165) is 22.1 Å². The van der Waals surface area contributed by atoms with Crippen LogP contribution in [-0.2, 0) is 11.0 Å². The van der Waals surface area contributed by atoms with Crippen molar-refractivity contribution in [2.45, 2.75) is 57.3 Å². The predicted octanol–water partition coefficient (Wildman–Crippen LogP) is 4.60. The molecule has 1 aromatic heterocycles. The standard InChI is InChI=1S/C27H34N2O3/c1-26(2,3)21-8-10-22(11-9-21)32-17-12-25(30)29-15-13-27(31,14-16-29)24-19-28-18-20-6-4-5-7-23(20)24/h4-11,18-19,25,30-31H,12-17H2,1-3H3. The molecule has 32 heavy (non-hydrogen) atoms. The van der Waals surface area contributed by atoms with Crippen LogP contribution in [0.25, 0.3) is 10.8 Å². The largest absolute Gasteiger partial charge is 0.493 e. The maximum absolute atomic E-state index is 11.4. The summed E-state index contributed by atoms with van der Waals surface area (Å²) in [5.74, 6) is 0.821. The summed E-state index contributed by atoms with van der Waals surface area (Å²) >= 11 is 0. The molecule has 1 aliphatic rings. The molecule has 1 saturated heterocycles. The summed E-state index contributed by atoms with van der Waals surface area (Å²) in [5.41, 5.74) is 1.35. The average Bonchev–Trinajstić information content (AvgIpc) is 2.79. The van der Waals surface area contributed by atoms with Crippen LogP contribution in [0.5, 0.6) is 5.75 Å². The quantitative estimate of drug-likeness (QED) is 0.593. The molecule has 5 heteroatoms. The fraction of sp³-hybridized carbons (Fsp3) is 0.444. The van der Waals surface area contributed by atoms with Crippen molar-refractivity contribution in [2.75, 3.05) is 19.7 Å². The number of aliphatic hydroxyl groups is 2. The van der Waals surface area contributed by atoms with Gasteiger partial charge < -0.3 is 14.9 Å². The number of hydrogen-bond acceptors (Lipinski definition) is 5. The molecule has 0 amide bonds. The van der Waals surface area contributed by atoms with Gasteiger partial charge in [0.1, 0.15) is 12.0 Å². The van der Waals surface area contributed by atoms with Gasteiger partial charge in [0.05, 0.1) is 12.2 Å². The molecule has 2 heterocycles. The van der Waals surface area contributed by atoms with Gasteiger partial charge >= 0.3 is 0 Å². The van der Waals surface area contributed by atoms with E-state index < -0.39 is 11.8 Å². The molecule has 1 unspecified atom stereocenters. The second kappa shape index (κ2) is 9.18. The minimum absolute atomic E-state index is 0.118. The van der Waals surface area contributed by atoms with Crippen LogP contribution in [-0.4, -0.2) is 46.0 Å². The SMILES string of the molecule is CC(C)(C)c1ccc(OCCC(O)N2CCC(O)(c3cncc4ccccc34)CC2)cc1. The number of benzene rings is 2. The summed E-state index contributed by atoms with van der Waals surface area (Å²) in [6.07, 6.45) is 4.68. The maximum atomic E-state index is 11.4. The van der Waals surface area contributed by atoms with Crippen molar-refractivity contribution in [2.24, 2.45) is 0 Å². The van der Waals surface area contributed by atoms with Gasteiger partial charge in [-0.05, 0) is 41.3 Å². The number of aliphatic hydroxyl groups excluding tert-OH is 1. The minimum Gasteiger partial charge on any atom is -0.493 e. The minimum atomic E-state index is -0.921. The van der Waals surface area contributed by atoms with Crippen LogP contribution in [0.1, 0.15) is 51.2 Å². The zero-order chi connectivity index (χ0) is 22.8. The number of pyridine rings is 1. The lowest BCUT2D eigenvalue weighted by molar-refractivity contribution is -0.0814. The van der Waals surface area contributed by atoms with E-state index in [1.807, 2.05) is 47.5 Å². The Bertz CT molecular complexity index is 1030. The Labute approximate surface area is 190 Å². The highest BCUT2D eigenvalue weighted by atomic mass is 16.5. The van der Waals surface area contributed by atoms with E-state index in [4.69, 9.17) is 4.74 Å². The first-order valence-electron chi connectivity index (χ1n) is 11.5. The lowest BCUT2D eigenvalue weighted by Gasteiger charge is -2.40. The molecule has 0 bridgehead atoms. The van der Waals surface area contributed by atoms with Gasteiger partial charge in [-0.1, -0.05) is 57.2 Å². The normalized spacial score (nSPS) is 17.9. The highest BCUT2D eigenvalue weighted by molar-refractivity contribution is 5.85. The number of ether oxygens (including phenoxy) is 1. The molecule has 2 aromatic carbocycles. The molecule has 2 N–H and O–H groups in total. The lowest BCUT2D eigenvalue weighted by Crippen LogP contribution is -2.47. The van der Waals surface area contributed by atoms with Crippen molar-refractivity contribution in [1.29, 1.82) is 0 Å². The molecule has 3 aromatic rings. The Morgan fingerprint density at radius 1 is 1.03 bits per heavy atom. The van der Waals surface area contributed by atoms with E-state index in [-0.39, 0.29) is 5.41 Å². The molecule has 0 radical (unpaired) electrons. The zero-order valence-electron chi connectivity index (χ0n) is 19.3. The smallest absolute Gasteiger partial charge is 0.119 e. The molecular weight excluding hydrogens is 400 g/mol. The third-order valence-corrected chi connectivity index (χ3v) is 6.58.